The second kappa shape index (κ2) is 6.38. The normalized spacial score (nSPS) is 12.8. The molecule has 6 nitrogen and oxygen atoms in total. The van der Waals surface area contributed by atoms with Crippen molar-refractivity contribution in [2.24, 2.45) is 5.41 Å². The minimum absolute atomic E-state index is 0.132. The van der Waals surface area contributed by atoms with Gasteiger partial charge in [0.1, 0.15) is 11.8 Å². The largest absolute Gasteiger partial charge is 0.467 e. The predicted octanol–water partition coefficient (Wildman–Crippen LogP) is 0.592. The predicted molar refractivity (Wildman–Crippen MR) is 69.1 cm³/mol. The van der Waals surface area contributed by atoms with Gasteiger partial charge in [0.15, 0.2) is 0 Å². The summed E-state index contributed by atoms with van der Waals surface area (Å²) in [5.74, 6) is -0.118. The Labute approximate surface area is 112 Å². The van der Waals surface area contributed by atoms with E-state index in [-0.39, 0.29) is 25.0 Å². The van der Waals surface area contributed by atoms with Crippen molar-refractivity contribution in [2.45, 2.75) is 26.8 Å². The Morgan fingerprint density at radius 2 is 2.11 bits per heavy atom. The molecule has 1 unspecified atom stereocenters. The lowest BCUT2D eigenvalue weighted by atomic mass is 9.96. The zero-order valence-electron chi connectivity index (χ0n) is 11.4. The van der Waals surface area contributed by atoms with E-state index in [2.05, 4.69) is 10.6 Å². The number of amides is 2. The second-order valence-corrected chi connectivity index (χ2v) is 5.25. The van der Waals surface area contributed by atoms with Gasteiger partial charge >= 0.3 is 0 Å². The van der Waals surface area contributed by atoms with Crippen LogP contribution in [0.15, 0.2) is 22.8 Å². The van der Waals surface area contributed by atoms with Crippen molar-refractivity contribution in [1.29, 1.82) is 0 Å². The van der Waals surface area contributed by atoms with Crippen LogP contribution in [0.1, 0.15) is 32.6 Å². The van der Waals surface area contributed by atoms with Crippen LogP contribution in [0.2, 0.25) is 0 Å². The zero-order chi connectivity index (χ0) is 14.5. The van der Waals surface area contributed by atoms with Crippen molar-refractivity contribution >= 4 is 11.8 Å². The first-order valence-corrected chi connectivity index (χ1v) is 6.06. The minimum atomic E-state index is -0.603. The van der Waals surface area contributed by atoms with Gasteiger partial charge in [-0.05, 0) is 12.1 Å². The van der Waals surface area contributed by atoms with Gasteiger partial charge in [-0.2, -0.15) is 0 Å². The molecule has 0 bridgehead atoms. The van der Waals surface area contributed by atoms with Crippen molar-refractivity contribution in [2.75, 3.05) is 13.2 Å². The number of carbonyl (C=O) groups is 2. The maximum atomic E-state index is 11.7. The van der Waals surface area contributed by atoms with Crippen molar-refractivity contribution in [3.8, 4) is 0 Å². The SMILES string of the molecule is CC(C)(C)C(=O)NCC(=O)NC(CO)c1ccco1. The maximum Gasteiger partial charge on any atom is 0.240 e. The van der Waals surface area contributed by atoms with E-state index in [0.717, 1.165) is 0 Å². The van der Waals surface area contributed by atoms with Gasteiger partial charge in [0.05, 0.1) is 19.4 Å². The summed E-state index contributed by atoms with van der Waals surface area (Å²) in [6.45, 7) is 4.89. The van der Waals surface area contributed by atoms with Gasteiger partial charge in [-0.15, -0.1) is 0 Å². The van der Waals surface area contributed by atoms with Crippen LogP contribution < -0.4 is 10.6 Å². The molecule has 1 aromatic rings. The Balaban J connectivity index is 2.45. The van der Waals surface area contributed by atoms with Crippen molar-refractivity contribution in [3.05, 3.63) is 24.2 Å². The second-order valence-electron chi connectivity index (χ2n) is 5.25. The summed E-state index contributed by atoms with van der Waals surface area (Å²) in [6.07, 6.45) is 1.46. The van der Waals surface area contributed by atoms with Gasteiger partial charge in [-0.3, -0.25) is 9.59 Å². The number of nitrogens with one attached hydrogen (secondary N) is 2. The molecule has 0 spiro atoms. The molecule has 0 saturated heterocycles. The maximum absolute atomic E-state index is 11.7. The molecule has 19 heavy (non-hydrogen) atoms. The molecule has 1 rings (SSSR count). The van der Waals surface area contributed by atoms with Crippen LogP contribution in [0.25, 0.3) is 0 Å². The summed E-state index contributed by atoms with van der Waals surface area (Å²) in [7, 11) is 0. The molecule has 2 amide bonds. The van der Waals surface area contributed by atoms with Crippen LogP contribution in [0.4, 0.5) is 0 Å². The smallest absolute Gasteiger partial charge is 0.240 e. The Bertz CT molecular complexity index is 420. The fraction of sp³-hybridized carbons (Fsp3) is 0.538. The molecule has 0 aliphatic heterocycles. The molecule has 0 radical (unpaired) electrons. The van der Waals surface area contributed by atoms with Gasteiger partial charge < -0.3 is 20.2 Å². The number of furan rings is 1. The molecule has 0 saturated carbocycles. The summed E-state index contributed by atoms with van der Waals surface area (Å²) in [5, 5.41) is 14.3. The molecule has 0 aromatic carbocycles. The molecule has 1 aromatic heterocycles. The summed E-state index contributed by atoms with van der Waals surface area (Å²) < 4.78 is 5.11. The summed E-state index contributed by atoms with van der Waals surface area (Å²) in [4.78, 5) is 23.3. The summed E-state index contributed by atoms with van der Waals surface area (Å²) >= 11 is 0. The van der Waals surface area contributed by atoms with Crippen LogP contribution in [0.5, 0.6) is 0 Å². The highest BCUT2D eigenvalue weighted by Gasteiger charge is 2.22. The fourth-order valence-corrected chi connectivity index (χ4v) is 1.37. The van der Waals surface area contributed by atoms with E-state index >= 15 is 0 Å². The Hall–Kier alpha value is -1.82. The topological polar surface area (TPSA) is 91.6 Å². The molecule has 0 fully saturated rings. The molecule has 6 heteroatoms. The first kappa shape index (κ1) is 15.2. The van der Waals surface area contributed by atoms with Crippen LogP contribution in [0, 0.1) is 5.41 Å². The lowest BCUT2D eigenvalue weighted by Gasteiger charge is -2.18. The minimum Gasteiger partial charge on any atom is -0.467 e. The fourth-order valence-electron chi connectivity index (χ4n) is 1.37. The first-order valence-electron chi connectivity index (χ1n) is 6.06. The van der Waals surface area contributed by atoms with E-state index in [1.54, 1.807) is 32.9 Å². The van der Waals surface area contributed by atoms with Gasteiger partial charge in [-0.25, -0.2) is 0 Å². The number of aliphatic hydroxyl groups excluding tert-OH is 1. The molecule has 106 valence electrons. The number of aliphatic hydroxyl groups is 1. The molecular formula is C13H20N2O4. The number of rotatable bonds is 5. The lowest BCUT2D eigenvalue weighted by molar-refractivity contribution is -0.131. The molecular weight excluding hydrogens is 248 g/mol. The Morgan fingerprint density at radius 1 is 1.42 bits per heavy atom. The zero-order valence-corrected chi connectivity index (χ0v) is 11.4. The summed E-state index contributed by atoms with van der Waals surface area (Å²) in [5.41, 5.74) is -0.544. The molecule has 1 heterocycles. The van der Waals surface area contributed by atoms with E-state index in [0.29, 0.717) is 5.76 Å². The highest BCUT2D eigenvalue weighted by Crippen LogP contribution is 2.13. The highest BCUT2D eigenvalue weighted by molar-refractivity contribution is 5.87. The number of hydrogen-bond acceptors (Lipinski definition) is 4. The van der Waals surface area contributed by atoms with Crippen LogP contribution in [-0.2, 0) is 9.59 Å². The van der Waals surface area contributed by atoms with E-state index in [1.807, 2.05) is 0 Å². The third-order valence-corrected chi connectivity index (χ3v) is 2.50. The summed E-state index contributed by atoms with van der Waals surface area (Å²) in [6, 6.07) is 2.73. The van der Waals surface area contributed by atoms with E-state index in [4.69, 9.17) is 4.42 Å². The standard InChI is InChI=1S/C13H20N2O4/c1-13(2,3)12(18)14-7-11(17)15-9(8-16)10-5-4-6-19-10/h4-6,9,16H,7-8H2,1-3H3,(H,14,18)(H,15,17). The van der Waals surface area contributed by atoms with Crippen molar-refractivity contribution in [3.63, 3.8) is 0 Å². The van der Waals surface area contributed by atoms with E-state index in [1.165, 1.54) is 6.26 Å². The van der Waals surface area contributed by atoms with Crippen LogP contribution in [-0.4, -0.2) is 30.1 Å². The highest BCUT2D eigenvalue weighted by atomic mass is 16.3. The third-order valence-electron chi connectivity index (χ3n) is 2.50. The quantitative estimate of drug-likeness (QED) is 0.729. The number of carbonyl (C=O) groups excluding carboxylic acids is 2. The average molecular weight is 268 g/mol. The van der Waals surface area contributed by atoms with Crippen molar-refractivity contribution < 1.29 is 19.1 Å². The monoisotopic (exact) mass is 268 g/mol. The average Bonchev–Trinajstić information content (AvgIpc) is 2.85. The van der Waals surface area contributed by atoms with E-state index in [9.17, 15) is 14.7 Å². The molecule has 0 aliphatic rings. The third kappa shape index (κ3) is 4.75. The van der Waals surface area contributed by atoms with Crippen molar-refractivity contribution in [1.82, 2.24) is 10.6 Å². The molecule has 1 atom stereocenters. The molecule has 3 N–H and O–H groups in total. The van der Waals surface area contributed by atoms with Gasteiger partial charge in [0.25, 0.3) is 0 Å². The van der Waals surface area contributed by atoms with Gasteiger partial charge in [0, 0.05) is 5.41 Å². The Morgan fingerprint density at radius 3 is 2.58 bits per heavy atom. The number of hydrogen-bond donors (Lipinski definition) is 3. The lowest BCUT2D eigenvalue weighted by Crippen LogP contribution is -2.43. The van der Waals surface area contributed by atoms with E-state index < -0.39 is 11.5 Å². The molecule has 0 aliphatic carbocycles. The van der Waals surface area contributed by atoms with Gasteiger partial charge in [-0.1, -0.05) is 20.8 Å². The Kier molecular flexibility index (Phi) is 5.11. The van der Waals surface area contributed by atoms with Crippen LogP contribution in [0.3, 0.4) is 0 Å². The van der Waals surface area contributed by atoms with Crippen LogP contribution >= 0.6 is 0 Å². The first-order chi connectivity index (χ1) is 8.84. The van der Waals surface area contributed by atoms with Gasteiger partial charge in [0.2, 0.25) is 11.8 Å².